The standard InChI is InChI=1S/C21H40O5/c1-3-5-7-9-10-12-13-15-20(23)25-18-19(17-22)26-21(24)16-14-11-8-6-4-2/h19,22H,3-18H2,1-2H3. The van der Waals surface area contributed by atoms with Crippen molar-refractivity contribution < 1.29 is 24.2 Å². The highest BCUT2D eigenvalue weighted by Crippen LogP contribution is 2.10. The number of unbranched alkanes of at least 4 members (excludes halogenated alkanes) is 10. The van der Waals surface area contributed by atoms with Crippen molar-refractivity contribution in [3.05, 3.63) is 0 Å². The molecule has 0 aliphatic carbocycles. The van der Waals surface area contributed by atoms with Crippen LogP contribution in [0.4, 0.5) is 0 Å². The number of aliphatic hydroxyl groups is 1. The lowest BCUT2D eigenvalue weighted by molar-refractivity contribution is -0.161. The molecule has 0 aliphatic heterocycles. The number of carbonyl (C=O) groups excluding carboxylic acids is 2. The van der Waals surface area contributed by atoms with Crippen molar-refractivity contribution in [2.24, 2.45) is 0 Å². The number of carbonyl (C=O) groups is 2. The molecule has 0 saturated carbocycles. The predicted molar refractivity (Wildman–Crippen MR) is 104 cm³/mol. The fraction of sp³-hybridized carbons (Fsp3) is 0.905. The first-order chi connectivity index (χ1) is 12.6. The molecule has 0 amide bonds. The third-order valence-electron chi connectivity index (χ3n) is 4.40. The smallest absolute Gasteiger partial charge is 0.306 e. The van der Waals surface area contributed by atoms with Crippen LogP contribution >= 0.6 is 0 Å². The first-order valence-corrected chi connectivity index (χ1v) is 10.6. The number of hydrogen-bond donors (Lipinski definition) is 1. The van der Waals surface area contributed by atoms with Crippen LogP contribution in [0.25, 0.3) is 0 Å². The molecular formula is C21H40O5. The minimum absolute atomic E-state index is 0.0621. The lowest BCUT2D eigenvalue weighted by Crippen LogP contribution is -2.28. The quantitative estimate of drug-likeness (QED) is 0.273. The average molecular weight is 373 g/mol. The monoisotopic (exact) mass is 372 g/mol. The van der Waals surface area contributed by atoms with Crippen molar-refractivity contribution in [1.29, 1.82) is 0 Å². The molecular weight excluding hydrogens is 332 g/mol. The molecule has 0 radical (unpaired) electrons. The van der Waals surface area contributed by atoms with Crippen molar-refractivity contribution in [3.8, 4) is 0 Å². The first kappa shape index (κ1) is 24.9. The zero-order valence-electron chi connectivity index (χ0n) is 17.0. The highest BCUT2D eigenvalue weighted by atomic mass is 16.6. The number of hydrogen-bond acceptors (Lipinski definition) is 5. The van der Waals surface area contributed by atoms with Gasteiger partial charge in [-0.25, -0.2) is 0 Å². The summed E-state index contributed by atoms with van der Waals surface area (Å²) >= 11 is 0. The Hall–Kier alpha value is -1.10. The van der Waals surface area contributed by atoms with Gasteiger partial charge in [0.2, 0.25) is 0 Å². The van der Waals surface area contributed by atoms with Gasteiger partial charge in [-0.15, -0.1) is 0 Å². The van der Waals surface area contributed by atoms with Crippen molar-refractivity contribution in [1.82, 2.24) is 0 Å². The highest BCUT2D eigenvalue weighted by molar-refractivity contribution is 5.70. The number of ether oxygens (including phenoxy) is 2. The molecule has 0 bridgehead atoms. The maximum Gasteiger partial charge on any atom is 0.306 e. The van der Waals surface area contributed by atoms with Gasteiger partial charge in [-0.2, -0.15) is 0 Å². The van der Waals surface area contributed by atoms with Gasteiger partial charge in [0.05, 0.1) is 6.61 Å². The van der Waals surface area contributed by atoms with E-state index in [2.05, 4.69) is 13.8 Å². The van der Waals surface area contributed by atoms with Crippen molar-refractivity contribution >= 4 is 11.9 Å². The maximum absolute atomic E-state index is 11.7. The van der Waals surface area contributed by atoms with Crippen LogP contribution in [0, 0.1) is 0 Å². The predicted octanol–water partition coefficient (Wildman–Crippen LogP) is 4.93. The molecule has 1 N–H and O–H groups in total. The van der Waals surface area contributed by atoms with E-state index in [1.165, 1.54) is 38.5 Å². The van der Waals surface area contributed by atoms with E-state index >= 15 is 0 Å². The molecule has 5 nitrogen and oxygen atoms in total. The Kier molecular flexibility index (Phi) is 17.9. The Bertz CT molecular complexity index is 343. The summed E-state index contributed by atoms with van der Waals surface area (Å²) in [5.41, 5.74) is 0. The lowest BCUT2D eigenvalue weighted by atomic mass is 10.1. The van der Waals surface area contributed by atoms with Crippen LogP contribution in [-0.4, -0.2) is 36.4 Å². The molecule has 154 valence electrons. The van der Waals surface area contributed by atoms with Gasteiger partial charge < -0.3 is 14.6 Å². The molecule has 1 atom stereocenters. The minimum Gasteiger partial charge on any atom is -0.462 e. The second-order valence-electron chi connectivity index (χ2n) is 7.01. The number of esters is 2. The molecule has 0 fully saturated rings. The second kappa shape index (κ2) is 18.7. The lowest BCUT2D eigenvalue weighted by Gasteiger charge is -2.15. The first-order valence-electron chi connectivity index (χ1n) is 10.6. The zero-order chi connectivity index (χ0) is 19.5. The zero-order valence-corrected chi connectivity index (χ0v) is 17.0. The van der Waals surface area contributed by atoms with Crippen molar-refractivity contribution in [2.75, 3.05) is 13.2 Å². The van der Waals surface area contributed by atoms with Gasteiger partial charge in [0.1, 0.15) is 6.61 Å². The normalized spacial score (nSPS) is 12.0. The van der Waals surface area contributed by atoms with Gasteiger partial charge >= 0.3 is 11.9 Å². The van der Waals surface area contributed by atoms with Crippen molar-refractivity contribution in [2.45, 2.75) is 110 Å². The molecule has 0 aliphatic rings. The van der Waals surface area contributed by atoms with E-state index < -0.39 is 6.10 Å². The summed E-state index contributed by atoms with van der Waals surface area (Å²) in [4.78, 5) is 23.4. The summed E-state index contributed by atoms with van der Waals surface area (Å²) in [7, 11) is 0. The van der Waals surface area contributed by atoms with Gasteiger partial charge in [-0.1, -0.05) is 78.1 Å². The molecule has 0 heterocycles. The van der Waals surface area contributed by atoms with Gasteiger partial charge in [-0.3, -0.25) is 9.59 Å². The van der Waals surface area contributed by atoms with Crippen LogP contribution < -0.4 is 0 Å². The average Bonchev–Trinajstić information content (AvgIpc) is 2.64. The van der Waals surface area contributed by atoms with Gasteiger partial charge in [0, 0.05) is 12.8 Å². The van der Waals surface area contributed by atoms with Gasteiger partial charge in [0.15, 0.2) is 6.10 Å². The fourth-order valence-corrected chi connectivity index (χ4v) is 2.73. The van der Waals surface area contributed by atoms with E-state index in [9.17, 15) is 14.7 Å². The van der Waals surface area contributed by atoms with Crippen LogP contribution in [0.2, 0.25) is 0 Å². The fourth-order valence-electron chi connectivity index (χ4n) is 2.73. The van der Waals surface area contributed by atoms with Crippen LogP contribution in [0.3, 0.4) is 0 Å². The third kappa shape index (κ3) is 16.4. The Morgan fingerprint density at radius 1 is 0.731 bits per heavy atom. The number of rotatable bonds is 18. The van der Waals surface area contributed by atoms with Crippen LogP contribution in [0.15, 0.2) is 0 Å². The molecule has 0 rings (SSSR count). The van der Waals surface area contributed by atoms with E-state index in [1.54, 1.807) is 0 Å². The Morgan fingerprint density at radius 2 is 1.19 bits per heavy atom. The Balaban J connectivity index is 3.68. The summed E-state index contributed by atoms with van der Waals surface area (Å²) in [6.45, 7) is 3.95. The highest BCUT2D eigenvalue weighted by Gasteiger charge is 2.15. The molecule has 0 aromatic heterocycles. The Morgan fingerprint density at radius 3 is 1.69 bits per heavy atom. The van der Waals surface area contributed by atoms with Gasteiger partial charge in [-0.05, 0) is 12.8 Å². The molecule has 0 aromatic carbocycles. The summed E-state index contributed by atoms with van der Waals surface area (Å²) in [6.07, 6.45) is 13.3. The summed E-state index contributed by atoms with van der Waals surface area (Å²) in [5.74, 6) is -0.615. The number of aliphatic hydroxyl groups excluding tert-OH is 1. The second-order valence-corrected chi connectivity index (χ2v) is 7.01. The summed E-state index contributed by atoms with van der Waals surface area (Å²) in [5, 5.41) is 9.28. The molecule has 0 aromatic rings. The maximum atomic E-state index is 11.7. The molecule has 0 spiro atoms. The summed E-state index contributed by atoms with van der Waals surface area (Å²) in [6, 6.07) is 0. The van der Waals surface area contributed by atoms with E-state index in [1.807, 2.05) is 0 Å². The van der Waals surface area contributed by atoms with Crippen LogP contribution in [0.1, 0.15) is 104 Å². The minimum atomic E-state index is -0.754. The molecule has 0 saturated heterocycles. The van der Waals surface area contributed by atoms with Crippen molar-refractivity contribution in [3.63, 3.8) is 0 Å². The van der Waals surface area contributed by atoms with E-state index in [-0.39, 0.29) is 25.2 Å². The van der Waals surface area contributed by atoms with E-state index in [0.717, 1.165) is 38.5 Å². The third-order valence-corrected chi connectivity index (χ3v) is 4.40. The largest absolute Gasteiger partial charge is 0.462 e. The summed E-state index contributed by atoms with van der Waals surface area (Å²) < 4.78 is 10.3. The van der Waals surface area contributed by atoms with E-state index in [0.29, 0.717) is 12.8 Å². The molecule has 1 unspecified atom stereocenters. The molecule has 5 heteroatoms. The van der Waals surface area contributed by atoms with Crippen LogP contribution in [-0.2, 0) is 19.1 Å². The Labute approximate surface area is 159 Å². The molecule has 26 heavy (non-hydrogen) atoms. The van der Waals surface area contributed by atoms with E-state index in [4.69, 9.17) is 9.47 Å². The topological polar surface area (TPSA) is 72.8 Å². The SMILES string of the molecule is CCCCCCCCCC(=O)OCC(CO)OC(=O)CCCCCCC. The van der Waals surface area contributed by atoms with Gasteiger partial charge in [0.25, 0.3) is 0 Å². The van der Waals surface area contributed by atoms with Crippen LogP contribution in [0.5, 0.6) is 0 Å².